The van der Waals surface area contributed by atoms with Crippen LogP contribution >= 0.6 is 0 Å². The van der Waals surface area contributed by atoms with Gasteiger partial charge in [0.15, 0.2) is 0 Å². The minimum absolute atomic E-state index is 0.506. The van der Waals surface area contributed by atoms with Crippen molar-refractivity contribution in [2.45, 2.75) is 25.0 Å². The minimum atomic E-state index is 0.506. The number of hydrogen-bond acceptors (Lipinski definition) is 3. The smallest absolute Gasteiger partial charge is 0.0824 e. The predicted octanol–water partition coefficient (Wildman–Crippen LogP) is 0.0690. The van der Waals surface area contributed by atoms with Gasteiger partial charge in [-0.2, -0.15) is 0 Å². The summed E-state index contributed by atoms with van der Waals surface area (Å²) in [6.45, 7) is 4.70. The monoisotopic (exact) mass is 170 g/mol. The quantitative estimate of drug-likeness (QED) is 0.648. The van der Waals surface area contributed by atoms with Crippen LogP contribution < -0.4 is 5.32 Å². The number of rotatable bonds is 3. The summed E-state index contributed by atoms with van der Waals surface area (Å²) in [7, 11) is 1.80. The van der Waals surface area contributed by atoms with Crippen molar-refractivity contribution in [2.24, 2.45) is 0 Å². The summed E-state index contributed by atoms with van der Waals surface area (Å²) < 4.78 is 5.22. The summed E-state index contributed by atoms with van der Waals surface area (Å²) in [5.41, 5.74) is 0. The van der Waals surface area contributed by atoms with Gasteiger partial charge in [0.25, 0.3) is 0 Å². The third kappa shape index (κ3) is 1.79. The van der Waals surface area contributed by atoms with E-state index in [1.54, 1.807) is 7.11 Å². The Morgan fingerprint density at radius 1 is 1.50 bits per heavy atom. The highest BCUT2D eigenvalue weighted by atomic mass is 16.5. The summed E-state index contributed by atoms with van der Waals surface area (Å²) in [6, 6.07) is 0.753. The highest BCUT2D eigenvalue weighted by Crippen LogP contribution is 2.14. The van der Waals surface area contributed by atoms with Gasteiger partial charge in [0.2, 0.25) is 0 Å². The molecule has 1 N–H and O–H groups in total. The van der Waals surface area contributed by atoms with Gasteiger partial charge >= 0.3 is 0 Å². The van der Waals surface area contributed by atoms with E-state index < -0.39 is 0 Å². The first-order chi connectivity index (χ1) is 5.88. The molecule has 2 heterocycles. The highest BCUT2D eigenvalue weighted by molar-refractivity contribution is 4.85. The average molecular weight is 170 g/mol. The molecular weight excluding hydrogens is 152 g/mol. The Morgan fingerprint density at radius 2 is 2.33 bits per heavy atom. The van der Waals surface area contributed by atoms with E-state index >= 15 is 0 Å². The Bertz CT molecular complexity index is 139. The molecule has 0 unspecified atom stereocenters. The van der Waals surface area contributed by atoms with Gasteiger partial charge in [-0.05, 0) is 19.4 Å². The van der Waals surface area contributed by atoms with E-state index in [1.807, 2.05) is 0 Å². The lowest BCUT2D eigenvalue weighted by Crippen LogP contribution is -2.55. The number of nitrogens with one attached hydrogen (secondary N) is 1. The van der Waals surface area contributed by atoms with Crippen LogP contribution in [0.15, 0.2) is 0 Å². The summed E-state index contributed by atoms with van der Waals surface area (Å²) in [5, 5.41) is 3.51. The SMILES string of the molecule is COC1CN(C[C@H]2CCCN2)C1. The van der Waals surface area contributed by atoms with E-state index in [0.29, 0.717) is 6.10 Å². The zero-order valence-corrected chi connectivity index (χ0v) is 7.75. The summed E-state index contributed by atoms with van der Waals surface area (Å²) in [6.07, 6.45) is 3.21. The van der Waals surface area contributed by atoms with E-state index in [4.69, 9.17) is 4.74 Å². The van der Waals surface area contributed by atoms with Gasteiger partial charge in [-0.3, -0.25) is 4.90 Å². The first-order valence-corrected chi connectivity index (χ1v) is 4.87. The fraction of sp³-hybridized carbons (Fsp3) is 1.00. The normalized spacial score (nSPS) is 32.2. The van der Waals surface area contributed by atoms with Gasteiger partial charge in [-0.1, -0.05) is 0 Å². The average Bonchev–Trinajstić information content (AvgIpc) is 2.47. The summed E-state index contributed by atoms with van der Waals surface area (Å²) >= 11 is 0. The Labute approximate surface area is 74.1 Å². The van der Waals surface area contributed by atoms with Crippen molar-refractivity contribution in [3.63, 3.8) is 0 Å². The van der Waals surface area contributed by atoms with Crippen molar-refractivity contribution in [1.29, 1.82) is 0 Å². The van der Waals surface area contributed by atoms with Crippen LogP contribution in [0.25, 0.3) is 0 Å². The largest absolute Gasteiger partial charge is 0.379 e. The fourth-order valence-electron chi connectivity index (χ4n) is 2.04. The molecule has 12 heavy (non-hydrogen) atoms. The van der Waals surface area contributed by atoms with Crippen LogP contribution in [0.1, 0.15) is 12.8 Å². The van der Waals surface area contributed by atoms with Crippen molar-refractivity contribution in [3.8, 4) is 0 Å². The predicted molar refractivity (Wildman–Crippen MR) is 48.3 cm³/mol. The van der Waals surface area contributed by atoms with Crippen LogP contribution in [0.5, 0.6) is 0 Å². The van der Waals surface area contributed by atoms with Crippen molar-refractivity contribution in [3.05, 3.63) is 0 Å². The Balaban J connectivity index is 1.62. The number of ether oxygens (including phenoxy) is 1. The number of likely N-dealkylation sites (tertiary alicyclic amines) is 1. The molecule has 0 aliphatic carbocycles. The number of methoxy groups -OCH3 is 1. The molecule has 0 saturated carbocycles. The fourth-order valence-corrected chi connectivity index (χ4v) is 2.04. The van der Waals surface area contributed by atoms with Crippen molar-refractivity contribution < 1.29 is 4.74 Å². The maximum absolute atomic E-state index is 5.22. The van der Waals surface area contributed by atoms with Crippen LogP contribution in [-0.2, 0) is 4.74 Å². The van der Waals surface area contributed by atoms with E-state index in [-0.39, 0.29) is 0 Å². The molecule has 0 aromatic heterocycles. The lowest BCUT2D eigenvalue weighted by molar-refractivity contribution is -0.0321. The molecule has 2 fully saturated rings. The molecule has 0 radical (unpaired) electrons. The zero-order chi connectivity index (χ0) is 8.39. The molecule has 3 heteroatoms. The molecule has 70 valence electrons. The molecule has 2 saturated heterocycles. The molecule has 0 aromatic rings. The van der Waals surface area contributed by atoms with Crippen molar-refractivity contribution in [2.75, 3.05) is 33.3 Å². The van der Waals surface area contributed by atoms with Crippen LogP contribution in [0.3, 0.4) is 0 Å². The standard InChI is InChI=1S/C9H18N2O/c1-12-9-6-11(7-9)5-8-3-2-4-10-8/h8-10H,2-7H2,1H3/t8-/m1/s1. The molecule has 1 atom stereocenters. The molecule has 0 aromatic carbocycles. The van der Waals surface area contributed by atoms with Gasteiger partial charge in [0, 0.05) is 32.8 Å². The van der Waals surface area contributed by atoms with E-state index in [9.17, 15) is 0 Å². The second kappa shape index (κ2) is 3.73. The minimum Gasteiger partial charge on any atom is -0.379 e. The molecule has 3 nitrogen and oxygen atoms in total. The second-order valence-corrected chi connectivity index (χ2v) is 3.87. The van der Waals surface area contributed by atoms with Crippen molar-refractivity contribution in [1.82, 2.24) is 10.2 Å². The molecule has 0 bridgehead atoms. The van der Waals surface area contributed by atoms with Crippen LogP contribution in [0, 0.1) is 0 Å². The third-order valence-electron chi connectivity index (χ3n) is 2.90. The first kappa shape index (κ1) is 8.48. The second-order valence-electron chi connectivity index (χ2n) is 3.87. The van der Waals surface area contributed by atoms with Crippen molar-refractivity contribution >= 4 is 0 Å². The Kier molecular flexibility index (Phi) is 2.63. The Hall–Kier alpha value is -0.120. The lowest BCUT2D eigenvalue weighted by atomic mass is 10.1. The van der Waals surface area contributed by atoms with Crippen LogP contribution in [0.2, 0.25) is 0 Å². The first-order valence-electron chi connectivity index (χ1n) is 4.87. The molecule has 2 rings (SSSR count). The zero-order valence-electron chi connectivity index (χ0n) is 7.75. The van der Waals surface area contributed by atoms with Gasteiger partial charge in [-0.25, -0.2) is 0 Å². The van der Waals surface area contributed by atoms with Gasteiger partial charge in [0.05, 0.1) is 6.10 Å². The van der Waals surface area contributed by atoms with E-state index in [2.05, 4.69) is 10.2 Å². The van der Waals surface area contributed by atoms with Gasteiger partial charge in [-0.15, -0.1) is 0 Å². The highest BCUT2D eigenvalue weighted by Gasteiger charge is 2.28. The lowest BCUT2D eigenvalue weighted by Gasteiger charge is -2.39. The number of nitrogens with zero attached hydrogens (tertiary/aromatic N) is 1. The van der Waals surface area contributed by atoms with Gasteiger partial charge in [0.1, 0.15) is 0 Å². The van der Waals surface area contributed by atoms with E-state index in [0.717, 1.165) is 19.1 Å². The number of hydrogen-bond donors (Lipinski definition) is 1. The molecule has 2 aliphatic heterocycles. The van der Waals surface area contributed by atoms with Gasteiger partial charge < -0.3 is 10.1 Å². The maximum atomic E-state index is 5.22. The molecule has 0 spiro atoms. The molecule has 2 aliphatic rings. The molecular formula is C9H18N2O. The third-order valence-corrected chi connectivity index (χ3v) is 2.90. The summed E-state index contributed by atoms with van der Waals surface area (Å²) in [5.74, 6) is 0. The Morgan fingerprint density at radius 3 is 2.92 bits per heavy atom. The van der Waals surface area contributed by atoms with Crippen LogP contribution in [0.4, 0.5) is 0 Å². The topological polar surface area (TPSA) is 24.5 Å². The molecule has 0 amide bonds. The van der Waals surface area contributed by atoms with Crippen LogP contribution in [-0.4, -0.2) is 50.3 Å². The summed E-state index contributed by atoms with van der Waals surface area (Å²) in [4.78, 5) is 2.47. The maximum Gasteiger partial charge on any atom is 0.0824 e. The van der Waals surface area contributed by atoms with E-state index in [1.165, 1.54) is 25.9 Å².